The Labute approximate surface area is 167 Å². The summed E-state index contributed by atoms with van der Waals surface area (Å²) in [5.41, 5.74) is 2.80. The largest absolute Gasteiger partial charge is 0.506 e. The molecule has 3 rings (SSSR count). The van der Waals surface area contributed by atoms with Gasteiger partial charge in [-0.15, -0.1) is 11.8 Å². The number of carboxylic acids is 1. The van der Waals surface area contributed by atoms with E-state index in [1.807, 2.05) is 44.2 Å². The molecule has 3 N–H and O–H groups in total. The third-order valence-corrected chi connectivity index (χ3v) is 5.49. The van der Waals surface area contributed by atoms with Crippen LogP contribution in [0.15, 0.2) is 53.4 Å². The molecule has 6 heteroatoms. The van der Waals surface area contributed by atoms with E-state index in [-0.39, 0.29) is 17.7 Å². The van der Waals surface area contributed by atoms with Crippen molar-refractivity contribution in [1.82, 2.24) is 0 Å². The third-order valence-electron chi connectivity index (χ3n) is 4.44. The number of aromatic hydroxyl groups is 1. The number of thioether (sulfide) groups is 1. The van der Waals surface area contributed by atoms with Crippen LogP contribution < -0.4 is 5.32 Å². The van der Waals surface area contributed by atoms with Crippen LogP contribution in [0.1, 0.15) is 27.9 Å². The lowest BCUT2D eigenvalue weighted by atomic mass is 10.0. The quantitative estimate of drug-likeness (QED) is 0.512. The minimum absolute atomic E-state index is 0.0177. The average molecular weight is 395 g/mol. The van der Waals surface area contributed by atoms with Crippen molar-refractivity contribution in [3.8, 4) is 5.75 Å². The predicted molar refractivity (Wildman–Crippen MR) is 112 cm³/mol. The van der Waals surface area contributed by atoms with Gasteiger partial charge in [-0.05, 0) is 42.5 Å². The number of phenolic OH excluding ortho intramolecular Hbond substituents is 1. The molecule has 0 aliphatic carbocycles. The van der Waals surface area contributed by atoms with Crippen LogP contribution in [0.2, 0.25) is 0 Å². The number of phenols is 1. The summed E-state index contributed by atoms with van der Waals surface area (Å²) < 4.78 is 0. The first-order valence-electron chi connectivity index (χ1n) is 8.84. The first-order valence-corrected chi connectivity index (χ1v) is 9.83. The molecular formula is C22H21NO4S. The molecule has 0 atom stereocenters. The zero-order valence-electron chi connectivity index (χ0n) is 15.7. The van der Waals surface area contributed by atoms with E-state index in [4.69, 9.17) is 5.11 Å². The van der Waals surface area contributed by atoms with Gasteiger partial charge in [-0.2, -0.15) is 0 Å². The number of rotatable bonds is 6. The number of amides is 1. The van der Waals surface area contributed by atoms with Gasteiger partial charge in [0, 0.05) is 21.7 Å². The molecule has 0 saturated carbocycles. The van der Waals surface area contributed by atoms with E-state index in [1.165, 1.54) is 11.8 Å². The number of carboxylic acid groups (broad SMARTS) is 1. The number of nitrogens with one attached hydrogen (secondary N) is 1. The molecule has 1 amide bonds. The molecular weight excluding hydrogens is 374 g/mol. The van der Waals surface area contributed by atoms with E-state index in [1.54, 1.807) is 18.2 Å². The van der Waals surface area contributed by atoms with Gasteiger partial charge in [0.15, 0.2) is 0 Å². The SMILES string of the molecule is Cc1ccc(C)c(NC(=O)c2cc(SCCC(=O)O)c3ccccc3c2O)c1. The summed E-state index contributed by atoms with van der Waals surface area (Å²) >= 11 is 1.36. The van der Waals surface area contributed by atoms with Gasteiger partial charge >= 0.3 is 5.97 Å². The Kier molecular flexibility index (Phi) is 5.90. The molecule has 0 bridgehead atoms. The number of carbonyl (C=O) groups is 2. The number of hydrogen-bond acceptors (Lipinski definition) is 4. The van der Waals surface area contributed by atoms with Crippen LogP contribution in [-0.2, 0) is 4.79 Å². The van der Waals surface area contributed by atoms with Crippen molar-refractivity contribution in [1.29, 1.82) is 0 Å². The summed E-state index contributed by atoms with van der Waals surface area (Å²) in [7, 11) is 0. The van der Waals surface area contributed by atoms with Gasteiger partial charge in [-0.25, -0.2) is 0 Å². The Bertz CT molecular complexity index is 1060. The molecule has 144 valence electrons. The average Bonchev–Trinajstić information content (AvgIpc) is 2.66. The first kappa shape index (κ1) is 19.8. The van der Waals surface area contributed by atoms with E-state index < -0.39 is 11.9 Å². The lowest BCUT2D eigenvalue weighted by molar-refractivity contribution is -0.136. The maximum Gasteiger partial charge on any atom is 0.304 e. The minimum Gasteiger partial charge on any atom is -0.506 e. The van der Waals surface area contributed by atoms with Crippen molar-refractivity contribution in [2.24, 2.45) is 0 Å². The molecule has 0 aliphatic rings. The Morgan fingerprint density at radius 2 is 1.75 bits per heavy atom. The van der Waals surface area contributed by atoms with Gasteiger partial charge in [0.1, 0.15) is 5.75 Å². The van der Waals surface area contributed by atoms with Gasteiger partial charge in [0.2, 0.25) is 0 Å². The molecule has 0 unspecified atom stereocenters. The maximum absolute atomic E-state index is 12.9. The summed E-state index contributed by atoms with van der Waals surface area (Å²) in [6.45, 7) is 3.85. The number of fused-ring (bicyclic) bond motifs is 1. The topological polar surface area (TPSA) is 86.6 Å². The maximum atomic E-state index is 12.9. The number of aliphatic carboxylic acids is 1. The van der Waals surface area contributed by atoms with Crippen LogP contribution in [0.5, 0.6) is 5.75 Å². The van der Waals surface area contributed by atoms with Gasteiger partial charge in [0.25, 0.3) is 5.91 Å². The highest BCUT2D eigenvalue weighted by Crippen LogP contribution is 2.37. The highest BCUT2D eigenvalue weighted by molar-refractivity contribution is 7.99. The standard InChI is InChI=1S/C22H21NO4S/c1-13-7-8-14(2)18(11-13)23-22(27)17-12-19(28-10-9-20(24)25)15-5-3-4-6-16(15)21(17)26/h3-8,11-12,26H,9-10H2,1-2H3,(H,23,27)(H,24,25). The number of anilines is 1. The summed E-state index contributed by atoms with van der Waals surface area (Å²) in [4.78, 5) is 24.5. The number of aryl methyl sites for hydroxylation is 2. The van der Waals surface area contributed by atoms with Crippen molar-refractivity contribution in [3.05, 3.63) is 65.2 Å². The Balaban J connectivity index is 1.99. The third kappa shape index (κ3) is 4.28. The first-order chi connectivity index (χ1) is 13.4. The van der Waals surface area contributed by atoms with Crippen molar-refractivity contribution < 1.29 is 19.8 Å². The zero-order chi connectivity index (χ0) is 20.3. The van der Waals surface area contributed by atoms with Crippen molar-refractivity contribution >= 4 is 40.1 Å². The lowest BCUT2D eigenvalue weighted by Crippen LogP contribution is -2.13. The molecule has 0 fully saturated rings. The highest BCUT2D eigenvalue weighted by atomic mass is 32.2. The molecule has 3 aromatic rings. The lowest BCUT2D eigenvalue weighted by Gasteiger charge is -2.14. The fourth-order valence-electron chi connectivity index (χ4n) is 2.93. The molecule has 28 heavy (non-hydrogen) atoms. The molecule has 0 heterocycles. The molecule has 0 saturated heterocycles. The van der Waals surface area contributed by atoms with E-state index in [2.05, 4.69) is 5.32 Å². The normalized spacial score (nSPS) is 10.8. The van der Waals surface area contributed by atoms with Crippen LogP contribution in [-0.4, -0.2) is 27.8 Å². The number of carbonyl (C=O) groups excluding carboxylic acids is 1. The molecule has 0 aromatic heterocycles. The van der Waals surface area contributed by atoms with Crippen LogP contribution >= 0.6 is 11.8 Å². The second-order valence-corrected chi connectivity index (χ2v) is 7.72. The van der Waals surface area contributed by atoms with E-state index in [0.717, 1.165) is 21.4 Å². The number of hydrogen-bond donors (Lipinski definition) is 3. The molecule has 5 nitrogen and oxygen atoms in total. The minimum atomic E-state index is -0.872. The Hall–Kier alpha value is -2.99. The van der Waals surface area contributed by atoms with Crippen LogP contribution in [0.4, 0.5) is 5.69 Å². The molecule has 3 aromatic carbocycles. The summed E-state index contributed by atoms with van der Waals surface area (Å²) in [6, 6.07) is 14.6. The van der Waals surface area contributed by atoms with Gasteiger partial charge in [-0.3, -0.25) is 9.59 Å². The number of benzene rings is 3. The second kappa shape index (κ2) is 8.35. The monoisotopic (exact) mass is 395 g/mol. The van der Waals surface area contributed by atoms with Gasteiger partial charge in [0.05, 0.1) is 12.0 Å². The van der Waals surface area contributed by atoms with E-state index in [9.17, 15) is 14.7 Å². The molecule has 0 aliphatic heterocycles. The smallest absolute Gasteiger partial charge is 0.304 e. The van der Waals surface area contributed by atoms with Crippen LogP contribution in [0, 0.1) is 13.8 Å². The summed E-state index contributed by atoms with van der Waals surface area (Å²) in [5, 5.41) is 23.8. The van der Waals surface area contributed by atoms with Crippen molar-refractivity contribution in [3.63, 3.8) is 0 Å². The van der Waals surface area contributed by atoms with Crippen LogP contribution in [0.25, 0.3) is 10.8 Å². The highest BCUT2D eigenvalue weighted by Gasteiger charge is 2.18. The van der Waals surface area contributed by atoms with Crippen molar-refractivity contribution in [2.75, 3.05) is 11.1 Å². The van der Waals surface area contributed by atoms with Gasteiger partial charge < -0.3 is 15.5 Å². The fraction of sp³-hybridized carbons (Fsp3) is 0.182. The Morgan fingerprint density at radius 1 is 1.04 bits per heavy atom. The molecule has 0 spiro atoms. The zero-order valence-corrected chi connectivity index (χ0v) is 16.5. The van der Waals surface area contributed by atoms with Crippen LogP contribution in [0.3, 0.4) is 0 Å². The molecule has 0 radical (unpaired) electrons. The van der Waals surface area contributed by atoms with Gasteiger partial charge in [-0.1, -0.05) is 36.4 Å². The predicted octanol–water partition coefficient (Wildman–Crippen LogP) is 4.98. The second-order valence-electron chi connectivity index (χ2n) is 6.58. The van der Waals surface area contributed by atoms with Crippen molar-refractivity contribution in [2.45, 2.75) is 25.2 Å². The van der Waals surface area contributed by atoms with E-state index >= 15 is 0 Å². The van der Waals surface area contributed by atoms with E-state index in [0.29, 0.717) is 16.8 Å². The summed E-state index contributed by atoms with van der Waals surface area (Å²) in [5.74, 6) is -0.983. The summed E-state index contributed by atoms with van der Waals surface area (Å²) in [6.07, 6.45) is 0.0177. The fourth-order valence-corrected chi connectivity index (χ4v) is 3.96. The Morgan fingerprint density at radius 3 is 2.46 bits per heavy atom.